The normalized spacial score (nSPS) is 24.5. The van der Waals surface area contributed by atoms with Gasteiger partial charge in [0.15, 0.2) is 5.82 Å². The summed E-state index contributed by atoms with van der Waals surface area (Å²) in [6.07, 6.45) is 9.90. The van der Waals surface area contributed by atoms with Crippen LogP contribution in [0.3, 0.4) is 0 Å². The molecule has 226 valence electrons. The van der Waals surface area contributed by atoms with E-state index >= 15 is 0 Å². The van der Waals surface area contributed by atoms with E-state index in [1.807, 2.05) is 30.6 Å². The molecule has 0 bridgehead atoms. The first-order chi connectivity index (χ1) is 21.1. The molecule has 1 aromatic carbocycles. The predicted molar refractivity (Wildman–Crippen MR) is 164 cm³/mol. The van der Waals surface area contributed by atoms with Gasteiger partial charge in [0.2, 0.25) is 5.95 Å². The number of fused-ring (bicyclic) bond motifs is 3. The molecule has 0 unspecified atom stereocenters. The number of piperidine rings is 1. The van der Waals surface area contributed by atoms with Crippen molar-refractivity contribution in [3.8, 4) is 17.0 Å². The maximum Gasteiger partial charge on any atom is 0.308 e. The third kappa shape index (κ3) is 5.58. The van der Waals surface area contributed by atoms with E-state index in [1.165, 1.54) is 12.7 Å². The number of phenols is 1. The van der Waals surface area contributed by atoms with Gasteiger partial charge in [-0.1, -0.05) is 12.1 Å². The molecular weight excluding hydrogens is 544 g/mol. The average Bonchev–Trinajstić information content (AvgIpc) is 3.08. The monoisotopic (exact) mass is 584 g/mol. The van der Waals surface area contributed by atoms with Gasteiger partial charge in [0.05, 0.1) is 30.5 Å². The minimum atomic E-state index is -0.0785. The first-order valence-corrected chi connectivity index (χ1v) is 15.6. The van der Waals surface area contributed by atoms with Crippen LogP contribution in [0.15, 0.2) is 42.7 Å². The van der Waals surface area contributed by atoms with Crippen molar-refractivity contribution >= 4 is 23.4 Å². The van der Waals surface area contributed by atoms with Gasteiger partial charge in [-0.3, -0.25) is 9.69 Å². The minimum Gasteiger partial charge on any atom is -0.507 e. The molecule has 2 aromatic heterocycles. The second-order valence-corrected chi connectivity index (χ2v) is 12.3. The van der Waals surface area contributed by atoms with Crippen molar-refractivity contribution in [2.45, 2.75) is 56.5 Å². The molecule has 1 saturated carbocycles. The van der Waals surface area contributed by atoms with Gasteiger partial charge < -0.3 is 25.0 Å². The van der Waals surface area contributed by atoms with E-state index < -0.39 is 0 Å². The zero-order chi connectivity index (χ0) is 29.3. The van der Waals surface area contributed by atoms with Gasteiger partial charge in [0.25, 0.3) is 0 Å². The fraction of sp³-hybridized carbons (Fsp3) is 0.531. The molecule has 2 saturated heterocycles. The van der Waals surface area contributed by atoms with Crippen LogP contribution in [0.4, 0.5) is 17.5 Å². The van der Waals surface area contributed by atoms with Gasteiger partial charge in [-0.2, -0.15) is 0 Å². The zero-order valence-electron chi connectivity index (χ0n) is 24.7. The zero-order valence-corrected chi connectivity index (χ0v) is 24.7. The van der Waals surface area contributed by atoms with Crippen LogP contribution < -0.4 is 15.1 Å². The number of carbonyl (C=O) groups is 1. The number of benzene rings is 1. The fourth-order valence-corrected chi connectivity index (χ4v) is 7.43. The van der Waals surface area contributed by atoms with Crippen LogP contribution in [-0.2, 0) is 9.53 Å². The number of hydrogen-bond acceptors (Lipinski definition) is 11. The maximum atomic E-state index is 11.9. The lowest BCUT2D eigenvalue weighted by Gasteiger charge is -2.49. The van der Waals surface area contributed by atoms with E-state index in [1.54, 1.807) is 6.07 Å². The number of para-hydroxylation sites is 1. The molecule has 5 heterocycles. The Morgan fingerprint density at radius 3 is 2.47 bits per heavy atom. The quantitative estimate of drug-likeness (QED) is 0.428. The fourth-order valence-electron chi connectivity index (χ4n) is 7.43. The van der Waals surface area contributed by atoms with Gasteiger partial charge in [0, 0.05) is 63.3 Å². The number of aromatic hydroxyl groups is 1. The average molecular weight is 585 g/mol. The van der Waals surface area contributed by atoms with Crippen molar-refractivity contribution in [2.75, 3.05) is 61.5 Å². The molecule has 1 atom stereocenters. The number of rotatable bonds is 5. The van der Waals surface area contributed by atoms with E-state index in [-0.39, 0.29) is 17.6 Å². The molecule has 0 amide bonds. The molecule has 0 radical (unpaired) electrons. The second-order valence-electron chi connectivity index (χ2n) is 12.3. The van der Waals surface area contributed by atoms with Crippen molar-refractivity contribution in [3.05, 3.63) is 48.3 Å². The van der Waals surface area contributed by atoms with Crippen LogP contribution in [0.1, 0.15) is 50.0 Å². The maximum absolute atomic E-state index is 11.9. The Kier molecular flexibility index (Phi) is 7.73. The number of methoxy groups -OCH3 is 1. The number of hydrogen-bond donors (Lipinski definition) is 2. The Bertz CT molecular complexity index is 1440. The smallest absolute Gasteiger partial charge is 0.308 e. The number of anilines is 3. The molecule has 0 spiro atoms. The van der Waals surface area contributed by atoms with Gasteiger partial charge in [-0.15, -0.1) is 10.2 Å². The van der Waals surface area contributed by atoms with Gasteiger partial charge in [-0.25, -0.2) is 9.97 Å². The summed E-state index contributed by atoms with van der Waals surface area (Å²) in [6.45, 7) is 5.72. The SMILES string of the molecule is COC(=O)[C@H]1CC[C@@H](c2cnc(N3CCC(N4CCN5c6cc(-c7ccccc7O)nnc6NC[C@H]5C4)CC3)nc2)CC1. The van der Waals surface area contributed by atoms with Gasteiger partial charge in [0.1, 0.15) is 5.75 Å². The highest BCUT2D eigenvalue weighted by Crippen LogP contribution is 2.38. The molecular formula is C32H40N8O3. The van der Waals surface area contributed by atoms with Crippen LogP contribution in [0.2, 0.25) is 0 Å². The number of nitrogens with zero attached hydrogens (tertiary/aromatic N) is 7. The summed E-state index contributed by atoms with van der Waals surface area (Å²) in [5, 5.41) is 22.7. The molecule has 11 nitrogen and oxygen atoms in total. The Hall–Kier alpha value is -3.99. The summed E-state index contributed by atoms with van der Waals surface area (Å²) in [5.74, 6) is 2.24. The Balaban J connectivity index is 0.933. The van der Waals surface area contributed by atoms with Crippen LogP contribution >= 0.6 is 0 Å². The van der Waals surface area contributed by atoms with Gasteiger partial charge >= 0.3 is 5.97 Å². The summed E-state index contributed by atoms with van der Waals surface area (Å²) in [4.78, 5) is 28.8. The molecule has 43 heavy (non-hydrogen) atoms. The van der Waals surface area contributed by atoms with Crippen molar-refractivity contribution in [3.63, 3.8) is 0 Å². The molecule has 4 aliphatic rings. The van der Waals surface area contributed by atoms with Crippen molar-refractivity contribution in [1.82, 2.24) is 25.1 Å². The third-order valence-corrected chi connectivity index (χ3v) is 9.94. The highest BCUT2D eigenvalue weighted by Gasteiger charge is 2.36. The van der Waals surface area contributed by atoms with Crippen LogP contribution in [0, 0.1) is 5.92 Å². The molecule has 2 N–H and O–H groups in total. The summed E-state index contributed by atoms with van der Waals surface area (Å²) < 4.78 is 4.93. The van der Waals surface area contributed by atoms with E-state index in [2.05, 4.69) is 36.3 Å². The lowest BCUT2D eigenvalue weighted by Crippen LogP contribution is -2.61. The predicted octanol–water partition coefficient (Wildman–Crippen LogP) is 3.67. The minimum absolute atomic E-state index is 0.0353. The summed E-state index contributed by atoms with van der Waals surface area (Å²) in [7, 11) is 1.47. The van der Waals surface area contributed by atoms with Crippen LogP contribution in [0.5, 0.6) is 5.75 Å². The third-order valence-electron chi connectivity index (χ3n) is 9.94. The lowest BCUT2D eigenvalue weighted by molar-refractivity contribution is -0.146. The van der Waals surface area contributed by atoms with Crippen molar-refractivity contribution in [1.29, 1.82) is 0 Å². The largest absolute Gasteiger partial charge is 0.507 e. The van der Waals surface area contributed by atoms with E-state index in [9.17, 15) is 9.90 Å². The molecule has 3 aromatic rings. The highest BCUT2D eigenvalue weighted by atomic mass is 16.5. The highest BCUT2D eigenvalue weighted by molar-refractivity contribution is 5.76. The van der Waals surface area contributed by atoms with E-state index in [0.29, 0.717) is 29.3 Å². The number of carbonyl (C=O) groups excluding carboxylic acids is 1. The topological polar surface area (TPSA) is 120 Å². The number of phenolic OH excluding ortho intramolecular Hbond substituents is 1. The number of nitrogens with one attached hydrogen (secondary N) is 1. The van der Waals surface area contributed by atoms with Crippen LogP contribution in [0.25, 0.3) is 11.3 Å². The van der Waals surface area contributed by atoms with Gasteiger partial charge in [-0.05, 0) is 68.2 Å². The summed E-state index contributed by atoms with van der Waals surface area (Å²) in [5.41, 5.74) is 3.64. The second kappa shape index (κ2) is 11.9. The van der Waals surface area contributed by atoms with Crippen molar-refractivity contribution in [2.24, 2.45) is 5.92 Å². The number of aromatic nitrogens is 4. The Morgan fingerprint density at radius 1 is 0.953 bits per heavy atom. The van der Waals surface area contributed by atoms with E-state index in [4.69, 9.17) is 14.7 Å². The standard InChI is InChI=1S/C32H40N8O3/c1-43-31(42)22-8-6-21(7-9-22)23-17-34-32(35-18-23)38-12-10-24(11-13-38)39-14-15-40-25(20-39)19-33-30-28(40)16-27(36-37-30)26-4-2-3-5-29(26)41/h2-5,16-18,21-22,24-25,41H,6-15,19-20H2,1H3,(H,33,37)/t21-,22+,25-/m0/s1. The van der Waals surface area contributed by atoms with E-state index in [0.717, 1.165) is 95.2 Å². The number of esters is 1. The molecule has 3 aliphatic heterocycles. The molecule has 3 fully saturated rings. The Morgan fingerprint density at radius 2 is 1.72 bits per heavy atom. The molecule has 11 heteroatoms. The molecule has 7 rings (SSSR count). The number of piperazine rings is 1. The number of ether oxygens (including phenoxy) is 1. The first kappa shape index (κ1) is 27.8. The van der Waals surface area contributed by atoms with Crippen molar-refractivity contribution < 1.29 is 14.6 Å². The van der Waals surface area contributed by atoms with Crippen LogP contribution in [-0.4, -0.2) is 94.6 Å². The summed E-state index contributed by atoms with van der Waals surface area (Å²) in [6, 6.07) is 10.3. The molecule has 1 aliphatic carbocycles. The summed E-state index contributed by atoms with van der Waals surface area (Å²) >= 11 is 0. The Labute approximate surface area is 252 Å². The first-order valence-electron chi connectivity index (χ1n) is 15.6. The lowest BCUT2D eigenvalue weighted by atomic mass is 9.79.